The lowest BCUT2D eigenvalue weighted by Crippen LogP contribution is -2.46. The highest BCUT2D eigenvalue weighted by Crippen LogP contribution is 2.18. The van der Waals surface area contributed by atoms with E-state index in [9.17, 15) is 14.4 Å². The first-order valence-corrected chi connectivity index (χ1v) is 9.75. The highest BCUT2D eigenvalue weighted by atomic mass is 16.2. The maximum atomic E-state index is 12.5. The van der Waals surface area contributed by atoms with Gasteiger partial charge in [-0.1, -0.05) is 41.0 Å². The van der Waals surface area contributed by atoms with Crippen molar-refractivity contribution in [1.82, 2.24) is 14.9 Å². The molecule has 0 bridgehead atoms. The fourth-order valence-corrected chi connectivity index (χ4v) is 2.69. The summed E-state index contributed by atoms with van der Waals surface area (Å²) in [5, 5.41) is 2.95. The number of carbonyl (C=O) groups is 1. The monoisotopic (exact) mass is 381 g/mol. The number of hydrogen-bond acceptors (Lipinski definition) is 5. The van der Waals surface area contributed by atoms with Crippen LogP contribution in [0.25, 0.3) is 0 Å². The van der Waals surface area contributed by atoms with Crippen molar-refractivity contribution < 1.29 is 4.79 Å². The Hall–Kier alpha value is -2.25. The van der Waals surface area contributed by atoms with Crippen molar-refractivity contribution in [2.75, 3.05) is 23.7 Å². The standard InChI is InChI=1S/C19H35N5O3/c1-7-8-9-23(11-15(25)21-14(6)13(4)5)16-17(20)24(10-12(2)3)19(27)22-18(16)26/h12-14H,7-11,20H2,1-6H3,(H,21,25)(H,22,26,27). The van der Waals surface area contributed by atoms with E-state index in [2.05, 4.69) is 10.3 Å². The van der Waals surface area contributed by atoms with Crippen LogP contribution in [0.15, 0.2) is 9.59 Å². The van der Waals surface area contributed by atoms with Gasteiger partial charge in [-0.2, -0.15) is 0 Å². The molecule has 8 nitrogen and oxygen atoms in total. The third-order valence-electron chi connectivity index (χ3n) is 4.58. The molecule has 8 heteroatoms. The molecule has 0 aliphatic heterocycles. The minimum atomic E-state index is -0.557. The van der Waals surface area contributed by atoms with Crippen molar-refractivity contribution in [2.24, 2.45) is 11.8 Å². The highest BCUT2D eigenvalue weighted by Gasteiger charge is 2.22. The molecule has 0 aromatic carbocycles. The van der Waals surface area contributed by atoms with Gasteiger partial charge in [0.2, 0.25) is 5.91 Å². The summed E-state index contributed by atoms with van der Waals surface area (Å²) in [4.78, 5) is 41.2. The molecule has 0 aliphatic rings. The van der Waals surface area contributed by atoms with Gasteiger partial charge in [0.05, 0.1) is 6.54 Å². The predicted octanol–water partition coefficient (Wildman–Crippen LogP) is 1.54. The van der Waals surface area contributed by atoms with Gasteiger partial charge in [0.15, 0.2) is 0 Å². The van der Waals surface area contributed by atoms with Crippen LogP contribution in [0.4, 0.5) is 11.5 Å². The van der Waals surface area contributed by atoms with Crippen LogP contribution in [0, 0.1) is 11.8 Å². The molecule has 1 amide bonds. The zero-order valence-corrected chi connectivity index (χ0v) is 17.5. The zero-order chi connectivity index (χ0) is 20.7. The van der Waals surface area contributed by atoms with E-state index in [1.54, 1.807) is 4.90 Å². The van der Waals surface area contributed by atoms with E-state index >= 15 is 0 Å². The summed E-state index contributed by atoms with van der Waals surface area (Å²) in [7, 11) is 0. The molecule has 1 aromatic rings. The molecule has 0 fully saturated rings. The molecule has 1 atom stereocenters. The van der Waals surface area contributed by atoms with E-state index in [0.717, 1.165) is 12.8 Å². The third-order valence-corrected chi connectivity index (χ3v) is 4.58. The normalized spacial score (nSPS) is 12.4. The quantitative estimate of drug-likeness (QED) is 0.569. The second kappa shape index (κ2) is 10.2. The first-order chi connectivity index (χ1) is 12.6. The van der Waals surface area contributed by atoms with Crippen LogP contribution in [0.2, 0.25) is 0 Å². The Kier molecular flexibility index (Phi) is 8.59. The number of amides is 1. The summed E-state index contributed by atoms with van der Waals surface area (Å²) in [5.74, 6) is 0.425. The first kappa shape index (κ1) is 22.8. The van der Waals surface area contributed by atoms with Crippen molar-refractivity contribution in [1.29, 1.82) is 0 Å². The molecule has 0 aliphatic carbocycles. The van der Waals surface area contributed by atoms with Gasteiger partial charge < -0.3 is 16.0 Å². The topological polar surface area (TPSA) is 113 Å². The maximum Gasteiger partial charge on any atom is 0.330 e. The van der Waals surface area contributed by atoms with Crippen LogP contribution in [0.3, 0.4) is 0 Å². The Bertz CT molecular complexity index is 736. The SMILES string of the molecule is CCCCN(CC(=O)NC(C)C(C)C)c1c(N)n(CC(C)C)c(=O)[nH]c1=O. The van der Waals surface area contributed by atoms with E-state index in [4.69, 9.17) is 5.73 Å². The largest absolute Gasteiger partial charge is 0.383 e. The Morgan fingerprint density at radius 2 is 1.85 bits per heavy atom. The average molecular weight is 382 g/mol. The number of anilines is 2. The van der Waals surface area contributed by atoms with Crippen molar-refractivity contribution in [3.8, 4) is 0 Å². The molecule has 4 N–H and O–H groups in total. The highest BCUT2D eigenvalue weighted by molar-refractivity contribution is 5.82. The molecule has 1 unspecified atom stereocenters. The number of aromatic nitrogens is 2. The lowest BCUT2D eigenvalue weighted by molar-refractivity contribution is -0.120. The van der Waals surface area contributed by atoms with Crippen molar-refractivity contribution in [3.05, 3.63) is 20.8 Å². The summed E-state index contributed by atoms with van der Waals surface area (Å²) in [6, 6.07) is 0.0241. The number of carbonyl (C=O) groups excluding carboxylic acids is 1. The van der Waals surface area contributed by atoms with Crippen molar-refractivity contribution in [3.63, 3.8) is 0 Å². The van der Waals surface area contributed by atoms with Gasteiger partial charge >= 0.3 is 5.69 Å². The molecule has 154 valence electrons. The molecule has 1 heterocycles. The smallest absolute Gasteiger partial charge is 0.330 e. The van der Waals surface area contributed by atoms with E-state index in [-0.39, 0.29) is 35.9 Å². The minimum absolute atomic E-state index is 0.0181. The van der Waals surface area contributed by atoms with Gasteiger partial charge in [0.25, 0.3) is 5.56 Å². The Labute approximate surface area is 161 Å². The molecule has 0 saturated carbocycles. The van der Waals surface area contributed by atoms with Gasteiger partial charge in [-0.3, -0.25) is 19.1 Å². The summed E-state index contributed by atoms with van der Waals surface area (Å²) < 4.78 is 1.37. The number of aromatic amines is 1. The summed E-state index contributed by atoms with van der Waals surface area (Å²) in [6.07, 6.45) is 1.71. The first-order valence-electron chi connectivity index (χ1n) is 9.75. The molecule has 0 radical (unpaired) electrons. The van der Waals surface area contributed by atoms with Crippen LogP contribution in [0.5, 0.6) is 0 Å². The lowest BCUT2D eigenvalue weighted by Gasteiger charge is -2.27. The number of unbranched alkanes of at least 4 members (excludes halogenated alkanes) is 1. The lowest BCUT2D eigenvalue weighted by atomic mass is 10.1. The molecule has 27 heavy (non-hydrogen) atoms. The second-order valence-electron chi connectivity index (χ2n) is 7.87. The van der Waals surface area contributed by atoms with Crippen LogP contribution in [-0.4, -0.2) is 34.6 Å². The third kappa shape index (κ3) is 6.45. The number of nitrogens with one attached hydrogen (secondary N) is 2. The van der Waals surface area contributed by atoms with Gasteiger partial charge in [-0.15, -0.1) is 0 Å². The van der Waals surface area contributed by atoms with Gasteiger partial charge in [0.1, 0.15) is 11.5 Å². The maximum absolute atomic E-state index is 12.5. The van der Waals surface area contributed by atoms with Crippen LogP contribution < -0.4 is 27.2 Å². The number of H-pyrrole nitrogens is 1. The number of nitrogens with zero attached hydrogens (tertiary/aromatic N) is 2. The van der Waals surface area contributed by atoms with E-state index in [1.807, 2.05) is 41.5 Å². The number of nitrogens with two attached hydrogens (primary N) is 1. The van der Waals surface area contributed by atoms with Crippen molar-refractivity contribution >= 4 is 17.4 Å². The van der Waals surface area contributed by atoms with Crippen LogP contribution in [-0.2, 0) is 11.3 Å². The number of rotatable bonds is 10. The van der Waals surface area contributed by atoms with Crippen LogP contribution in [0.1, 0.15) is 54.4 Å². The summed E-state index contributed by atoms with van der Waals surface area (Å²) in [5.41, 5.74) is 5.31. The molecular formula is C19H35N5O3. The van der Waals surface area contributed by atoms with Gasteiger partial charge in [-0.05, 0) is 25.2 Å². The fourth-order valence-electron chi connectivity index (χ4n) is 2.69. The number of nitrogen functional groups attached to an aromatic ring is 1. The Morgan fingerprint density at radius 1 is 1.22 bits per heavy atom. The second-order valence-corrected chi connectivity index (χ2v) is 7.87. The van der Waals surface area contributed by atoms with Crippen LogP contribution >= 0.6 is 0 Å². The Morgan fingerprint density at radius 3 is 2.37 bits per heavy atom. The Balaban J connectivity index is 3.25. The molecule has 0 spiro atoms. The molecule has 0 saturated heterocycles. The summed E-state index contributed by atoms with van der Waals surface area (Å²) in [6.45, 7) is 12.9. The van der Waals surface area contributed by atoms with Crippen molar-refractivity contribution in [2.45, 2.75) is 67.0 Å². The van der Waals surface area contributed by atoms with Gasteiger partial charge in [0, 0.05) is 19.1 Å². The molecule has 1 rings (SSSR count). The zero-order valence-electron chi connectivity index (χ0n) is 17.5. The average Bonchev–Trinajstić information content (AvgIpc) is 2.55. The van der Waals surface area contributed by atoms with E-state index in [1.165, 1.54) is 4.57 Å². The van der Waals surface area contributed by atoms with Gasteiger partial charge in [-0.25, -0.2) is 4.79 Å². The summed E-state index contributed by atoms with van der Waals surface area (Å²) >= 11 is 0. The predicted molar refractivity (Wildman–Crippen MR) is 110 cm³/mol. The van der Waals surface area contributed by atoms with E-state index < -0.39 is 11.2 Å². The number of hydrogen-bond donors (Lipinski definition) is 3. The molecule has 1 aromatic heterocycles. The molecular weight excluding hydrogens is 346 g/mol. The fraction of sp³-hybridized carbons (Fsp3) is 0.737. The minimum Gasteiger partial charge on any atom is -0.383 e. The van der Waals surface area contributed by atoms with E-state index in [0.29, 0.717) is 19.0 Å².